The fourth-order valence-electron chi connectivity index (χ4n) is 2.18. The molecule has 2 aliphatic heterocycles. The molecule has 1 amide bonds. The first kappa shape index (κ1) is 10.6. The Morgan fingerprint density at radius 1 is 1.41 bits per heavy atom. The maximum absolute atomic E-state index is 11.9. The molecule has 0 aliphatic carbocycles. The number of hydrogen-bond donors (Lipinski definition) is 2. The van der Waals surface area contributed by atoms with Crippen LogP contribution in [0.4, 0.5) is 0 Å². The van der Waals surface area contributed by atoms with E-state index in [2.05, 4.69) is 10.6 Å². The van der Waals surface area contributed by atoms with E-state index in [9.17, 15) is 4.79 Å². The predicted molar refractivity (Wildman–Crippen MR) is 63.9 cm³/mol. The molecule has 1 aromatic carbocycles. The molecule has 3 rings (SSSR count). The summed E-state index contributed by atoms with van der Waals surface area (Å²) in [5.74, 6) is 1.44. The van der Waals surface area contributed by atoms with Crippen LogP contribution >= 0.6 is 0 Å². The summed E-state index contributed by atoms with van der Waals surface area (Å²) < 4.78 is 5.62. The second kappa shape index (κ2) is 4.37. The quantitative estimate of drug-likeness (QED) is 0.789. The van der Waals surface area contributed by atoms with Gasteiger partial charge in [-0.3, -0.25) is 4.79 Å². The van der Waals surface area contributed by atoms with Crippen molar-refractivity contribution in [3.05, 3.63) is 29.8 Å². The van der Waals surface area contributed by atoms with Crippen molar-refractivity contribution in [3.63, 3.8) is 0 Å². The van der Waals surface area contributed by atoms with E-state index in [0.717, 1.165) is 30.9 Å². The molecule has 2 N–H and O–H groups in total. The van der Waals surface area contributed by atoms with E-state index in [1.807, 2.05) is 24.3 Å². The highest BCUT2D eigenvalue weighted by molar-refractivity contribution is 5.82. The Morgan fingerprint density at radius 3 is 2.94 bits per heavy atom. The number of nitrogens with one attached hydrogen (secondary N) is 2. The number of carbonyl (C=O) groups excluding carboxylic acids is 1. The van der Waals surface area contributed by atoms with Gasteiger partial charge in [0.2, 0.25) is 0 Å². The van der Waals surface area contributed by atoms with Gasteiger partial charge in [-0.2, -0.15) is 0 Å². The number of fused-ring (bicyclic) bond motifs is 1. The van der Waals surface area contributed by atoms with Crippen molar-refractivity contribution in [2.45, 2.75) is 12.5 Å². The number of amides is 1. The summed E-state index contributed by atoms with van der Waals surface area (Å²) in [5.41, 5.74) is 1.12. The van der Waals surface area contributed by atoms with Gasteiger partial charge in [0, 0.05) is 32.0 Å². The largest absolute Gasteiger partial charge is 0.480 e. The maximum atomic E-state index is 11.9. The molecule has 4 nitrogen and oxygen atoms in total. The number of para-hydroxylation sites is 1. The average Bonchev–Trinajstić information content (AvgIpc) is 2.70. The number of ether oxygens (including phenoxy) is 1. The van der Waals surface area contributed by atoms with Crippen molar-refractivity contribution in [1.29, 1.82) is 0 Å². The Kier molecular flexibility index (Phi) is 2.73. The van der Waals surface area contributed by atoms with E-state index in [1.165, 1.54) is 0 Å². The van der Waals surface area contributed by atoms with E-state index < -0.39 is 0 Å². The molecule has 4 heteroatoms. The summed E-state index contributed by atoms with van der Waals surface area (Å²) in [6.07, 6.45) is 0.339. The molecule has 0 saturated carbocycles. The van der Waals surface area contributed by atoms with Gasteiger partial charge in [-0.1, -0.05) is 18.2 Å². The lowest BCUT2D eigenvalue weighted by molar-refractivity contribution is -0.127. The minimum atomic E-state index is -0.347. The number of hydrogen-bond acceptors (Lipinski definition) is 3. The Hall–Kier alpha value is -1.55. The lowest BCUT2D eigenvalue weighted by Gasteiger charge is -2.27. The van der Waals surface area contributed by atoms with Crippen LogP contribution in [0.25, 0.3) is 0 Å². The van der Waals surface area contributed by atoms with Gasteiger partial charge in [-0.25, -0.2) is 0 Å². The second-order valence-corrected chi connectivity index (χ2v) is 4.69. The van der Waals surface area contributed by atoms with Gasteiger partial charge >= 0.3 is 0 Å². The monoisotopic (exact) mass is 232 g/mol. The Morgan fingerprint density at radius 2 is 2.24 bits per heavy atom. The van der Waals surface area contributed by atoms with Crippen LogP contribution in [0.5, 0.6) is 5.75 Å². The van der Waals surface area contributed by atoms with Crippen LogP contribution in [0.1, 0.15) is 5.56 Å². The zero-order chi connectivity index (χ0) is 11.7. The third-order valence-corrected chi connectivity index (χ3v) is 3.37. The third-order valence-electron chi connectivity index (χ3n) is 3.37. The SMILES string of the molecule is O=C(NCC1CNC1)C1Cc2ccccc2O1. The van der Waals surface area contributed by atoms with Crippen LogP contribution in [0.15, 0.2) is 24.3 Å². The lowest BCUT2D eigenvalue weighted by atomic mass is 10.0. The van der Waals surface area contributed by atoms with E-state index in [0.29, 0.717) is 12.3 Å². The van der Waals surface area contributed by atoms with Gasteiger partial charge in [0.25, 0.3) is 5.91 Å². The van der Waals surface area contributed by atoms with Crippen molar-refractivity contribution in [2.75, 3.05) is 19.6 Å². The lowest BCUT2D eigenvalue weighted by Crippen LogP contribution is -2.50. The molecule has 1 unspecified atom stereocenters. The highest BCUT2D eigenvalue weighted by Gasteiger charge is 2.29. The molecule has 1 aromatic rings. The smallest absolute Gasteiger partial charge is 0.261 e. The molecule has 0 bridgehead atoms. The highest BCUT2D eigenvalue weighted by atomic mass is 16.5. The normalized spacial score (nSPS) is 22.5. The molecule has 1 atom stereocenters. The molecule has 90 valence electrons. The average molecular weight is 232 g/mol. The highest BCUT2D eigenvalue weighted by Crippen LogP contribution is 2.28. The van der Waals surface area contributed by atoms with Crippen molar-refractivity contribution in [3.8, 4) is 5.75 Å². The van der Waals surface area contributed by atoms with Crippen LogP contribution < -0.4 is 15.4 Å². The van der Waals surface area contributed by atoms with Crippen LogP contribution in [0.2, 0.25) is 0 Å². The van der Waals surface area contributed by atoms with Gasteiger partial charge in [0.1, 0.15) is 5.75 Å². The van der Waals surface area contributed by atoms with Gasteiger partial charge < -0.3 is 15.4 Å². The number of benzene rings is 1. The van der Waals surface area contributed by atoms with Gasteiger partial charge in [0.05, 0.1) is 0 Å². The van der Waals surface area contributed by atoms with Crippen LogP contribution in [-0.4, -0.2) is 31.6 Å². The van der Waals surface area contributed by atoms with Crippen molar-refractivity contribution < 1.29 is 9.53 Å². The molecular weight excluding hydrogens is 216 g/mol. The Bertz CT molecular complexity index is 404. The van der Waals surface area contributed by atoms with Gasteiger partial charge in [-0.05, 0) is 11.6 Å². The summed E-state index contributed by atoms with van der Waals surface area (Å²) >= 11 is 0. The van der Waals surface area contributed by atoms with E-state index in [4.69, 9.17) is 4.74 Å². The molecule has 1 fully saturated rings. The van der Waals surface area contributed by atoms with E-state index >= 15 is 0 Å². The summed E-state index contributed by atoms with van der Waals surface area (Å²) in [5, 5.41) is 6.14. The maximum Gasteiger partial charge on any atom is 0.261 e. The fourth-order valence-corrected chi connectivity index (χ4v) is 2.18. The van der Waals surface area contributed by atoms with Gasteiger partial charge in [-0.15, -0.1) is 0 Å². The second-order valence-electron chi connectivity index (χ2n) is 4.69. The van der Waals surface area contributed by atoms with Crippen molar-refractivity contribution in [2.24, 2.45) is 5.92 Å². The van der Waals surface area contributed by atoms with Crippen LogP contribution in [0, 0.1) is 5.92 Å². The van der Waals surface area contributed by atoms with Crippen LogP contribution in [0.3, 0.4) is 0 Å². The topological polar surface area (TPSA) is 50.4 Å². The number of carbonyl (C=O) groups is 1. The molecule has 0 spiro atoms. The van der Waals surface area contributed by atoms with E-state index in [1.54, 1.807) is 0 Å². The molecule has 2 heterocycles. The summed E-state index contributed by atoms with van der Waals surface area (Å²) in [6, 6.07) is 7.83. The first-order chi connectivity index (χ1) is 8.33. The minimum Gasteiger partial charge on any atom is -0.480 e. The summed E-state index contributed by atoms with van der Waals surface area (Å²) in [6.45, 7) is 2.76. The molecule has 1 saturated heterocycles. The van der Waals surface area contributed by atoms with Crippen molar-refractivity contribution >= 4 is 5.91 Å². The summed E-state index contributed by atoms with van der Waals surface area (Å²) in [4.78, 5) is 11.9. The molecule has 17 heavy (non-hydrogen) atoms. The molecule has 2 aliphatic rings. The Balaban J connectivity index is 1.54. The van der Waals surface area contributed by atoms with Gasteiger partial charge in [0.15, 0.2) is 6.10 Å². The molecule has 0 aromatic heterocycles. The zero-order valence-corrected chi connectivity index (χ0v) is 9.61. The van der Waals surface area contributed by atoms with E-state index in [-0.39, 0.29) is 12.0 Å². The summed E-state index contributed by atoms with van der Waals surface area (Å²) in [7, 11) is 0. The minimum absolute atomic E-state index is 0.00750. The first-order valence-corrected chi connectivity index (χ1v) is 6.06. The van der Waals surface area contributed by atoms with Crippen molar-refractivity contribution in [1.82, 2.24) is 10.6 Å². The van der Waals surface area contributed by atoms with Crippen LogP contribution in [-0.2, 0) is 11.2 Å². The number of rotatable bonds is 3. The third kappa shape index (κ3) is 2.13. The Labute approximate surface area is 100 Å². The first-order valence-electron chi connectivity index (χ1n) is 6.06. The standard InChI is InChI=1S/C13H16N2O2/c16-13(15-8-9-6-14-7-9)12-5-10-3-1-2-4-11(10)17-12/h1-4,9,12,14H,5-8H2,(H,15,16). The fraction of sp³-hybridized carbons (Fsp3) is 0.462. The molecule has 0 radical (unpaired) electrons. The zero-order valence-electron chi connectivity index (χ0n) is 9.61. The predicted octanol–water partition coefficient (Wildman–Crippen LogP) is 0.326. The molecular formula is C13H16N2O2.